The Hall–Kier alpha value is -2.04. The standard InChI is InChI=1S/C11H9F2NO2/c1-2-5-14-11(16)10(15)7-3-4-8(12)9(13)6-7/h2-4,6H,1,5H2,(H,14,16). The number of nitrogens with one attached hydrogen (secondary N) is 1. The van der Waals surface area contributed by atoms with Crippen LogP contribution in [0.3, 0.4) is 0 Å². The van der Waals surface area contributed by atoms with Crippen molar-refractivity contribution >= 4 is 11.7 Å². The first kappa shape index (κ1) is 12.0. The third-order valence-electron chi connectivity index (χ3n) is 1.79. The van der Waals surface area contributed by atoms with Crippen molar-refractivity contribution in [2.24, 2.45) is 0 Å². The summed E-state index contributed by atoms with van der Waals surface area (Å²) in [6.07, 6.45) is 1.40. The number of carbonyl (C=O) groups excluding carboxylic acids is 2. The molecule has 0 aliphatic heterocycles. The van der Waals surface area contributed by atoms with Crippen LogP contribution >= 0.6 is 0 Å². The van der Waals surface area contributed by atoms with Crippen LogP contribution in [0.2, 0.25) is 0 Å². The van der Waals surface area contributed by atoms with E-state index in [0.29, 0.717) is 6.07 Å². The van der Waals surface area contributed by atoms with Crippen LogP contribution in [0.1, 0.15) is 10.4 Å². The maximum absolute atomic E-state index is 12.8. The molecule has 84 valence electrons. The van der Waals surface area contributed by atoms with E-state index in [4.69, 9.17) is 0 Å². The molecule has 0 atom stereocenters. The van der Waals surface area contributed by atoms with Crippen molar-refractivity contribution in [3.8, 4) is 0 Å². The third kappa shape index (κ3) is 2.73. The van der Waals surface area contributed by atoms with E-state index in [1.807, 2.05) is 0 Å². The second-order valence-corrected chi connectivity index (χ2v) is 2.96. The predicted octanol–water partition coefficient (Wildman–Crippen LogP) is 1.45. The fraction of sp³-hybridized carbons (Fsp3) is 0.0909. The lowest BCUT2D eigenvalue weighted by molar-refractivity contribution is -0.116. The van der Waals surface area contributed by atoms with E-state index in [1.165, 1.54) is 6.08 Å². The summed E-state index contributed by atoms with van der Waals surface area (Å²) < 4.78 is 25.3. The van der Waals surface area contributed by atoms with Crippen molar-refractivity contribution in [3.05, 3.63) is 48.1 Å². The van der Waals surface area contributed by atoms with E-state index >= 15 is 0 Å². The molecule has 0 fully saturated rings. The summed E-state index contributed by atoms with van der Waals surface area (Å²) in [5.41, 5.74) is -0.194. The largest absolute Gasteiger partial charge is 0.346 e. The van der Waals surface area contributed by atoms with Gasteiger partial charge < -0.3 is 5.32 Å². The Bertz CT molecular complexity index is 444. The number of rotatable bonds is 4. The van der Waals surface area contributed by atoms with Gasteiger partial charge >= 0.3 is 0 Å². The minimum absolute atomic E-state index is 0.133. The van der Waals surface area contributed by atoms with Gasteiger partial charge in [0.05, 0.1) is 0 Å². The number of carbonyl (C=O) groups is 2. The van der Waals surface area contributed by atoms with Crippen LogP contribution in [0.25, 0.3) is 0 Å². The van der Waals surface area contributed by atoms with E-state index in [0.717, 1.165) is 12.1 Å². The van der Waals surface area contributed by atoms with Gasteiger partial charge in [-0.05, 0) is 18.2 Å². The van der Waals surface area contributed by atoms with Crippen molar-refractivity contribution in [2.45, 2.75) is 0 Å². The lowest BCUT2D eigenvalue weighted by Gasteiger charge is -2.01. The van der Waals surface area contributed by atoms with E-state index < -0.39 is 23.3 Å². The van der Waals surface area contributed by atoms with Crippen molar-refractivity contribution in [1.29, 1.82) is 0 Å². The highest BCUT2D eigenvalue weighted by atomic mass is 19.2. The molecule has 0 bridgehead atoms. The van der Waals surface area contributed by atoms with Gasteiger partial charge in [-0.3, -0.25) is 9.59 Å². The van der Waals surface area contributed by atoms with Crippen LogP contribution in [0.5, 0.6) is 0 Å². The first-order valence-corrected chi connectivity index (χ1v) is 4.44. The van der Waals surface area contributed by atoms with Crippen molar-refractivity contribution in [1.82, 2.24) is 5.32 Å². The zero-order chi connectivity index (χ0) is 12.1. The molecule has 0 heterocycles. The summed E-state index contributed by atoms with van der Waals surface area (Å²) in [5, 5.41) is 2.24. The Kier molecular flexibility index (Phi) is 3.88. The highest BCUT2D eigenvalue weighted by Crippen LogP contribution is 2.09. The van der Waals surface area contributed by atoms with Crippen LogP contribution in [0.15, 0.2) is 30.9 Å². The highest BCUT2D eigenvalue weighted by Gasteiger charge is 2.16. The molecule has 0 aromatic heterocycles. The number of amides is 1. The van der Waals surface area contributed by atoms with Crippen molar-refractivity contribution in [2.75, 3.05) is 6.54 Å². The van der Waals surface area contributed by atoms with Gasteiger partial charge in [0.2, 0.25) is 5.78 Å². The molecule has 16 heavy (non-hydrogen) atoms. The normalized spacial score (nSPS) is 9.62. The number of ketones is 1. The molecule has 0 aliphatic carbocycles. The first-order valence-electron chi connectivity index (χ1n) is 4.44. The summed E-state index contributed by atoms with van der Waals surface area (Å²) >= 11 is 0. The lowest BCUT2D eigenvalue weighted by atomic mass is 10.1. The maximum atomic E-state index is 12.8. The molecule has 0 radical (unpaired) electrons. The average molecular weight is 225 g/mol. The van der Waals surface area contributed by atoms with E-state index in [-0.39, 0.29) is 12.1 Å². The number of hydrogen-bond acceptors (Lipinski definition) is 2. The molecule has 0 saturated carbocycles. The minimum Gasteiger partial charge on any atom is -0.346 e. The quantitative estimate of drug-likeness (QED) is 0.479. The van der Waals surface area contributed by atoms with Crippen LogP contribution in [0.4, 0.5) is 8.78 Å². The molecule has 0 unspecified atom stereocenters. The molecule has 0 spiro atoms. The topological polar surface area (TPSA) is 46.2 Å². The average Bonchev–Trinajstić information content (AvgIpc) is 2.28. The summed E-state index contributed by atoms with van der Waals surface area (Å²) in [7, 11) is 0. The highest BCUT2D eigenvalue weighted by molar-refractivity contribution is 6.42. The summed E-state index contributed by atoms with van der Waals surface area (Å²) in [4.78, 5) is 22.6. The molecule has 1 amide bonds. The van der Waals surface area contributed by atoms with Crippen LogP contribution < -0.4 is 5.32 Å². The second-order valence-electron chi connectivity index (χ2n) is 2.96. The van der Waals surface area contributed by atoms with Gasteiger partial charge in [0, 0.05) is 12.1 Å². The smallest absolute Gasteiger partial charge is 0.292 e. The molecular weight excluding hydrogens is 216 g/mol. The summed E-state index contributed by atoms with van der Waals surface area (Å²) in [5.74, 6) is -4.03. The molecule has 0 saturated heterocycles. The van der Waals surface area contributed by atoms with Crippen LogP contribution in [0, 0.1) is 11.6 Å². The number of halogens is 2. The Morgan fingerprint density at radius 1 is 1.31 bits per heavy atom. The zero-order valence-electron chi connectivity index (χ0n) is 8.30. The SMILES string of the molecule is C=CCNC(=O)C(=O)c1ccc(F)c(F)c1. The summed E-state index contributed by atoms with van der Waals surface area (Å²) in [6.45, 7) is 3.49. The molecule has 1 N–H and O–H groups in total. The van der Waals surface area contributed by atoms with E-state index in [1.54, 1.807) is 0 Å². The van der Waals surface area contributed by atoms with Gasteiger partial charge in [-0.1, -0.05) is 6.08 Å². The molecular formula is C11H9F2NO2. The molecule has 1 rings (SSSR count). The molecule has 1 aromatic rings. The van der Waals surface area contributed by atoms with Gasteiger partial charge in [-0.25, -0.2) is 8.78 Å². The number of hydrogen-bond donors (Lipinski definition) is 1. The Balaban J connectivity index is 2.84. The van der Waals surface area contributed by atoms with Crippen molar-refractivity contribution < 1.29 is 18.4 Å². The Labute approximate surface area is 90.8 Å². The van der Waals surface area contributed by atoms with Gasteiger partial charge in [0.1, 0.15) is 0 Å². The lowest BCUT2D eigenvalue weighted by Crippen LogP contribution is -2.31. The van der Waals surface area contributed by atoms with E-state index in [9.17, 15) is 18.4 Å². The fourth-order valence-electron chi connectivity index (χ4n) is 1.01. The van der Waals surface area contributed by atoms with Crippen LogP contribution in [-0.2, 0) is 4.79 Å². The van der Waals surface area contributed by atoms with Gasteiger partial charge in [-0.2, -0.15) is 0 Å². The molecule has 3 nitrogen and oxygen atoms in total. The van der Waals surface area contributed by atoms with Gasteiger partial charge in [0.25, 0.3) is 5.91 Å². The molecule has 5 heteroatoms. The first-order chi connectivity index (χ1) is 7.56. The van der Waals surface area contributed by atoms with Gasteiger partial charge in [0.15, 0.2) is 11.6 Å². The molecule has 0 aliphatic rings. The Morgan fingerprint density at radius 2 is 2.00 bits per heavy atom. The molecule has 1 aromatic carbocycles. The zero-order valence-corrected chi connectivity index (χ0v) is 8.30. The maximum Gasteiger partial charge on any atom is 0.292 e. The summed E-state index contributed by atoms with van der Waals surface area (Å²) in [6, 6.07) is 2.53. The minimum atomic E-state index is -1.16. The second kappa shape index (κ2) is 5.16. The number of benzene rings is 1. The van der Waals surface area contributed by atoms with Crippen molar-refractivity contribution in [3.63, 3.8) is 0 Å². The monoisotopic (exact) mass is 225 g/mol. The number of Topliss-reactive ketones (excluding diaryl/α,β-unsaturated/α-hetero) is 1. The third-order valence-corrected chi connectivity index (χ3v) is 1.79. The predicted molar refractivity (Wildman–Crippen MR) is 53.9 cm³/mol. The van der Waals surface area contributed by atoms with E-state index in [2.05, 4.69) is 11.9 Å². The van der Waals surface area contributed by atoms with Crippen LogP contribution in [-0.4, -0.2) is 18.2 Å². The fourth-order valence-corrected chi connectivity index (χ4v) is 1.01. The van der Waals surface area contributed by atoms with Gasteiger partial charge in [-0.15, -0.1) is 6.58 Å². The Morgan fingerprint density at radius 3 is 2.56 bits per heavy atom.